The first-order valence-corrected chi connectivity index (χ1v) is 10.1. The zero-order valence-electron chi connectivity index (χ0n) is 16.2. The lowest BCUT2D eigenvalue weighted by molar-refractivity contribution is -0.114. The average molecular weight is 367 g/mol. The molecule has 1 aliphatic heterocycles. The van der Waals surface area contributed by atoms with Gasteiger partial charge in [0.05, 0.1) is 0 Å². The van der Waals surface area contributed by atoms with E-state index in [-0.39, 0.29) is 11.7 Å². The molecule has 0 spiro atoms. The minimum Gasteiger partial charge on any atom is -0.326 e. The number of benzene rings is 1. The molecule has 0 unspecified atom stereocenters. The molecule has 144 valence electrons. The maximum atomic E-state index is 11.2. The van der Waals surface area contributed by atoms with Gasteiger partial charge in [-0.1, -0.05) is 29.9 Å². The number of ketones is 1. The monoisotopic (exact) mass is 366 g/mol. The summed E-state index contributed by atoms with van der Waals surface area (Å²) in [6.07, 6.45) is 12.2. The van der Waals surface area contributed by atoms with E-state index in [2.05, 4.69) is 28.4 Å². The molecule has 0 radical (unpaired) electrons. The third kappa shape index (κ3) is 6.17. The van der Waals surface area contributed by atoms with Crippen molar-refractivity contribution in [3.8, 4) is 0 Å². The molecule has 0 aromatic heterocycles. The molecule has 1 heterocycles. The second kappa shape index (κ2) is 9.65. The van der Waals surface area contributed by atoms with Crippen molar-refractivity contribution in [3.63, 3.8) is 0 Å². The standard InChI is InChI=1S/C23H30N2O2/c1-18(26)24-22-7-4-6-21(17-22)20-12-15-25(16-13-20)14-3-2-5-19-8-10-23(27)11-9-19/h4,6-10,17,20H,2-3,5,11-16H2,1H3,(H,24,26). The molecule has 1 aromatic carbocycles. The molecule has 4 nitrogen and oxygen atoms in total. The van der Waals surface area contributed by atoms with Gasteiger partial charge in [-0.05, 0) is 81.4 Å². The fourth-order valence-corrected chi connectivity index (χ4v) is 3.98. The smallest absolute Gasteiger partial charge is 0.221 e. The fourth-order valence-electron chi connectivity index (χ4n) is 3.98. The van der Waals surface area contributed by atoms with Gasteiger partial charge in [0, 0.05) is 19.0 Å². The summed E-state index contributed by atoms with van der Waals surface area (Å²) < 4.78 is 0. The number of amides is 1. The summed E-state index contributed by atoms with van der Waals surface area (Å²) in [6.45, 7) is 5.00. The molecule has 0 atom stereocenters. The number of nitrogens with one attached hydrogen (secondary N) is 1. The van der Waals surface area contributed by atoms with Crippen molar-refractivity contribution in [2.45, 2.75) is 51.4 Å². The molecule has 1 aliphatic carbocycles. The Morgan fingerprint density at radius 3 is 2.70 bits per heavy atom. The quantitative estimate of drug-likeness (QED) is 0.725. The Morgan fingerprint density at radius 1 is 1.19 bits per heavy atom. The van der Waals surface area contributed by atoms with Crippen LogP contribution in [-0.2, 0) is 9.59 Å². The second-order valence-corrected chi connectivity index (χ2v) is 7.66. The van der Waals surface area contributed by atoms with E-state index in [9.17, 15) is 9.59 Å². The Hall–Kier alpha value is -2.20. The Labute approximate surface area is 162 Å². The number of anilines is 1. The fraction of sp³-hybridized carbons (Fsp3) is 0.478. The zero-order valence-corrected chi connectivity index (χ0v) is 16.2. The number of likely N-dealkylation sites (tertiary alicyclic amines) is 1. The molecule has 0 bridgehead atoms. The summed E-state index contributed by atoms with van der Waals surface area (Å²) in [5.41, 5.74) is 3.55. The molecular formula is C23H30N2O2. The third-order valence-corrected chi connectivity index (χ3v) is 5.50. The molecule has 1 saturated heterocycles. The molecule has 0 saturated carbocycles. The summed E-state index contributed by atoms with van der Waals surface area (Å²) in [4.78, 5) is 25.0. The largest absolute Gasteiger partial charge is 0.326 e. The van der Waals surface area contributed by atoms with Crippen LogP contribution in [0.4, 0.5) is 5.69 Å². The molecule has 2 aliphatic rings. The highest BCUT2D eigenvalue weighted by molar-refractivity contribution is 5.92. The number of carbonyl (C=O) groups excluding carboxylic acids is 2. The van der Waals surface area contributed by atoms with Gasteiger partial charge in [-0.3, -0.25) is 9.59 Å². The lowest BCUT2D eigenvalue weighted by atomic mass is 9.89. The normalized spacial score (nSPS) is 18.4. The number of unbranched alkanes of at least 4 members (excludes halogenated alkanes) is 1. The van der Waals surface area contributed by atoms with Crippen molar-refractivity contribution in [1.82, 2.24) is 4.90 Å². The zero-order chi connectivity index (χ0) is 19.1. The molecule has 4 heteroatoms. The summed E-state index contributed by atoms with van der Waals surface area (Å²) in [6, 6.07) is 8.29. The molecule has 27 heavy (non-hydrogen) atoms. The molecule has 1 aromatic rings. The van der Waals surface area contributed by atoms with E-state index in [1.54, 1.807) is 13.0 Å². The maximum Gasteiger partial charge on any atom is 0.221 e. The van der Waals surface area contributed by atoms with Crippen LogP contribution in [0.15, 0.2) is 48.1 Å². The van der Waals surface area contributed by atoms with Gasteiger partial charge in [-0.15, -0.1) is 0 Å². The van der Waals surface area contributed by atoms with Crippen LogP contribution in [0.5, 0.6) is 0 Å². The first-order chi connectivity index (χ1) is 13.1. The number of carbonyl (C=O) groups is 2. The third-order valence-electron chi connectivity index (χ3n) is 5.50. The number of hydrogen-bond donors (Lipinski definition) is 1. The maximum absolute atomic E-state index is 11.2. The Morgan fingerprint density at radius 2 is 2.00 bits per heavy atom. The van der Waals surface area contributed by atoms with Crippen LogP contribution in [0.2, 0.25) is 0 Å². The van der Waals surface area contributed by atoms with Crippen LogP contribution in [0.3, 0.4) is 0 Å². The number of piperidine rings is 1. The van der Waals surface area contributed by atoms with Crippen LogP contribution in [0, 0.1) is 0 Å². The summed E-state index contributed by atoms with van der Waals surface area (Å²) in [7, 11) is 0. The van der Waals surface area contributed by atoms with Crippen LogP contribution >= 0.6 is 0 Å². The van der Waals surface area contributed by atoms with Crippen molar-refractivity contribution in [2.24, 2.45) is 0 Å². The van der Waals surface area contributed by atoms with Gasteiger partial charge in [-0.25, -0.2) is 0 Å². The lowest BCUT2D eigenvalue weighted by Gasteiger charge is -2.32. The van der Waals surface area contributed by atoms with E-state index in [1.807, 2.05) is 18.2 Å². The first-order valence-electron chi connectivity index (χ1n) is 10.1. The predicted octanol–water partition coefficient (Wildman–Crippen LogP) is 4.45. The van der Waals surface area contributed by atoms with Crippen molar-refractivity contribution >= 4 is 17.4 Å². The SMILES string of the molecule is CC(=O)Nc1cccc(C2CCN(CCCCC3=CCC(=O)C=C3)CC2)c1. The van der Waals surface area contributed by atoms with Gasteiger partial charge in [0.15, 0.2) is 5.78 Å². The molecule has 1 N–H and O–H groups in total. The van der Waals surface area contributed by atoms with E-state index in [1.165, 1.54) is 36.8 Å². The van der Waals surface area contributed by atoms with Gasteiger partial charge in [-0.2, -0.15) is 0 Å². The van der Waals surface area contributed by atoms with Crippen LogP contribution in [0.25, 0.3) is 0 Å². The first kappa shape index (κ1) is 19.6. The van der Waals surface area contributed by atoms with E-state index in [0.29, 0.717) is 12.3 Å². The lowest BCUT2D eigenvalue weighted by Crippen LogP contribution is -2.33. The topological polar surface area (TPSA) is 49.4 Å². The summed E-state index contributed by atoms with van der Waals surface area (Å²) in [5.74, 6) is 0.780. The van der Waals surface area contributed by atoms with Crippen molar-refractivity contribution in [2.75, 3.05) is 25.0 Å². The number of rotatable bonds is 7. The summed E-state index contributed by atoms with van der Waals surface area (Å²) in [5, 5.41) is 2.88. The van der Waals surface area contributed by atoms with Gasteiger partial charge < -0.3 is 10.2 Å². The van der Waals surface area contributed by atoms with E-state index < -0.39 is 0 Å². The Kier molecular flexibility index (Phi) is 6.99. The molecule has 1 amide bonds. The molecular weight excluding hydrogens is 336 g/mol. The van der Waals surface area contributed by atoms with Gasteiger partial charge in [0.1, 0.15) is 0 Å². The highest BCUT2D eigenvalue weighted by atomic mass is 16.1. The van der Waals surface area contributed by atoms with E-state index in [0.717, 1.165) is 31.7 Å². The van der Waals surface area contributed by atoms with Crippen LogP contribution < -0.4 is 5.32 Å². The molecule has 1 fully saturated rings. The minimum atomic E-state index is -0.0203. The number of nitrogens with zero attached hydrogens (tertiary/aromatic N) is 1. The van der Waals surface area contributed by atoms with Gasteiger partial charge in [0.25, 0.3) is 0 Å². The minimum absolute atomic E-state index is 0.0203. The Bertz CT molecular complexity index is 728. The second-order valence-electron chi connectivity index (χ2n) is 7.66. The number of allylic oxidation sites excluding steroid dienone is 4. The summed E-state index contributed by atoms with van der Waals surface area (Å²) >= 11 is 0. The average Bonchev–Trinajstić information content (AvgIpc) is 2.67. The van der Waals surface area contributed by atoms with E-state index in [4.69, 9.17) is 0 Å². The predicted molar refractivity (Wildman–Crippen MR) is 110 cm³/mol. The van der Waals surface area contributed by atoms with Gasteiger partial charge >= 0.3 is 0 Å². The van der Waals surface area contributed by atoms with Crippen LogP contribution in [-0.4, -0.2) is 36.2 Å². The highest BCUT2D eigenvalue weighted by Gasteiger charge is 2.20. The highest BCUT2D eigenvalue weighted by Crippen LogP contribution is 2.29. The van der Waals surface area contributed by atoms with Crippen molar-refractivity contribution in [1.29, 1.82) is 0 Å². The van der Waals surface area contributed by atoms with E-state index >= 15 is 0 Å². The Balaban J connectivity index is 1.37. The number of hydrogen-bond acceptors (Lipinski definition) is 3. The van der Waals surface area contributed by atoms with Crippen molar-refractivity contribution < 1.29 is 9.59 Å². The van der Waals surface area contributed by atoms with Crippen molar-refractivity contribution in [3.05, 3.63) is 53.6 Å². The van der Waals surface area contributed by atoms with Crippen LogP contribution in [0.1, 0.15) is 56.9 Å². The van der Waals surface area contributed by atoms with Gasteiger partial charge in [0.2, 0.25) is 5.91 Å². The molecule has 3 rings (SSSR count).